The van der Waals surface area contributed by atoms with Gasteiger partial charge in [-0.05, 0) is 11.1 Å². The summed E-state index contributed by atoms with van der Waals surface area (Å²) in [6, 6.07) is 20.7. The molecular weight excluding hydrogens is 698 g/mol. The van der Waals surface area contributed by atoms with Gasteiger partial charge in [-0.25, -0.2) is 0 Å². The van der Waals surface area contributed by atoms with E-state index in [0.717, 1.165) is 22.8 Å². The maximum Gasteiger partial charge on any atom is 5.00 e. The summed E-state index contributed by atoms with van der Waals surface area (Å²) >= 11 is 0. The number of hydrogen-bond acceptors (Lipinski definition) is 2. The predicted octanol–water partition coefficient (Wildman–Crippen LogP) is 10.3. The standard InChI is InChI=1S/2C13H23N2Si2.3CH3.Ta/c2*1-16(2,3)14-13(15-17(4,5)6)12-10-8-7-9-11-12;;;;/h2*7-11H,1-6H3;3*1H3;/q5*-1;+5. The quantitative estimate of drug-likeness (QED) is 0.122. The number of rotatable bonds is 6. The van der Waals surface area contributed by atoms with Gasteiger partial charge in [0.2, 0.25) is 0 Å². The normalized spacial score (nSPS) is 12.2. The van der Waals surface area contributed by atoms with Gasteiger partial charge in [-0.2, -0.15) is 0 Å². The second-order valence-corrected chi connectivity index (χ2v) is 30.8. The summed E-state index contributed by atoms with van der Waals surface area (Å²) in [6.45, 7) is 26.9. The van der Waals surface area contributed by atoms with Crippen LogP contribution in [0.1, 0.15) is 11.1 Å². The summed E-state index contributed by atoms with van der Waals surface area (Å²) in [4.78, 5) is 9.78. The molecule has 2 rings (SSSR count). The van der Waals surface area contributed by atoms with Crippen molar-refractivity contribution < 1.29 is 22.4 Å². The molecule has 0 heterocycles. The fraction of sp³-hybridized carbons (Fsp3) is 0.414. The topological polar surface area (TPSA) is 52.9 Å². The minimum absolute atomic E-state index is 0. The van der Waals surface area contributed by atoms with E-state index in [1.807, 2.05) is 12.1 Å². The fourth-order valence-corrected chi connectivity index (χ4v) is 6.21. The van der Waals surface area contributed by atoms with Crippen molar-refractivity contribution >= 4 is 44.6 Å². The molecule has 0 aliphatic rings. The molecule has 0 unspecified atom stereocenters. The first-order chi connectivity index (χ1) is 15.3. The van der Waals surface area contributed by atoms with Gasteiger partial charge >= 0.3 is 22.4 Å². The van der Waals surface area contributed by atoms with Crippen molar-refractivity contribution in [3.63, 3.8) is 0 Å². The second-order valence-electron chi connectivity index (χ2n) is 12.5. The average Bonchev–Trinajstić information content (AvgIpc) is 2.64. The molecule has 0 N–H and O–H groups in total. The second kappa shape index (κ2) is 18.4. The molecule has 0 spiro atoms. The van der Waals surface area contributed by atoms with Crippen LogP contribution >= 0.6 is 0 Å². The Hall–Kier alpha value is -1.01. The van der Waals surface area contributed by atoms with Crippen LogP contribution in [0.2, 0.25) is 78.6 Å². The van der Waals surface area contributed by atoms with Crippen LogP contribution in [0.4, 0.5) is 0 Å². The molecule has 0 amide bonds. The van der Waals surface area contributed by atoms with E-state index in [1.165, 1.54) is 0 Å². The first-order valence-electron chi connectivity index (χ1n) is 12.1. The number of hydrogen-bond donors (Lipinski definition) is 0. The minimum Gasteiger partial charge on any atom is -0.472 e. The third kappa shape index (κ3) is 21.9. The Kier molecular flexibility index (Phi) is 21.3. The van der Waals surface area contributed by atoms with E-state index in [0.29, 0.717) is 0 Å². The molecule has 0 bridgehead atoms. The summed E-state index contributed by atoms with van der Waals surface area (Å²) in [6.07, 6.45) is 0. The molecule has 0 radical (unpaired) electrons. The van der Waals surface area contributed by atoms with Crippen molar-refractivity contribution in [3.8, 4) is 0 Å². The van der Waals surface area contributed by atoms with Gasteiger partial charge < -0.3 is 41.6 Å². The Morgan fingerprint density at radius 2 is 0.711 bits per heavy atom. The summed E-state index contributed by atoms with van der Waals surface area (Å²) < 4.78 is 9.78. The molecule has 0 aliphatic heterocycles. The molecule has 0 fully saturated rings. The molecule has 2 aromatic rings. The largest absolute Gasteiger partial charge is 5.00 e. The Balaban J connectivity index is -0.000000275. The Morgan fingerprint density at radius 1 is 0.474 bits per heavy atom. The van der Waals surface area contributed by atoms with Crippen LogP contribution in [-0.4, -0.2) is 44.6 Å². The molecule has 0 saturated heterocycles. The zero-order valence-corrected chi connectivity index (χ0v) is 34.2. The van der Waals surface area contributed by atoms with Gasteiger partial charge in [-0.3, -0.25) is 0 Å². The maximum absolute atomic E-state index is 4.89. The van der Waals surface area contributed by atoms with Crippen LogP contribution in [0.15, 0.2) is 70.0 Å². The van der Waals surface area contributed by atoms with E-state index in [1.54, 1.807) is 0 Å². The molecule has 2 aromatic carbocycles. The van der Waals surface area contributed by atoms with Crippen molar-refractivity contribution in [2.45, 2.75) is 78.6 Å². The Bertz CT molecular complexity index is 860. The molecular formula is C29H55N4Si4Ta. The van der Waals surface area contributed by atoms with E-state index in [4.69, 9.17) is 19.3 Å². The third-order valence-corrected chi connectivity index (χ3v) is 7.36. The Labute approximate surface area is 257 Å². The van der Waals surface area contributed by atoms with E-state index in [2.05, 4.69) is 127 Å². The number of benzene rings is 2. The van der Waals surface area contributed by atoms with Gasteiger partial charge in [-0.1, -0.05) is 151 Å². The predicted molar refractivity (Wildman–Crippen MR) is 185 cm³/mol. The SMILES string of the molecule is C[Si](C)(C)/N=C(/[N-][Si](C)(C)C)c1ccccc1.C[Si](C)(C)/N=C(/[N-][Si](C)(C)C)c1ccccc1.[CH3-].[CH3-].[CH3-].[Ta+5]. The zero-order valence-electron chi connectivity index (χ0n) is 27.0. The van der Waals surface area contributed by atoms with Gasteiger partial charge in [0.25, 0.3) is 0 Å². The monoisotopic (exact) mass is 752 g/mol. The van der Waals surface area contributed by atoms with Crippen LogP contribution in [-0.2, 0) is 22.4 Å². The first kappa shape index (κ1) is 44.0. The van der Waals surface area contributed by atoms with Crippen LogP contribution in [0.5, 0.6) is 0 Å². The van der Waals surface area contributed by atoms with E-state index < -0.39 is 32.9 Å². The van der Waals surface area contributed by atoms with E-state index in [9.17, 15) is 0 Å². The molecule has 0 atom stereocenters. The molecule has 212 valence electrons. The fourth-order valence-electron chi connectivity index (χ4n) is 2.75. The zero-order chi connectivity index (χ0) is 26.2. The van der Waals surface area contributed by atoms with Gasteiger partial charge in [0.1, 0.15) is 0 Å². The molecule has 9 heteroatoms. The van der Waals surface area contributed by atoms with Crippen LogP contribution in [0, 0.1) is 22.3 Å². The van der Waals surface area contributed by atoms with Crippen molar-refractivity contribution in [3.05, 3.63) is 104 Å². The molecule has 0 aromatic heterocycles. The number of nitrogens with zero attached hydrogens (tertiary/aromatic N) is 4. The minimum atomic E-state index is -1.49. The van der Waals surface area contributed by atoms with Gasteiger partial charge in [0.05, 0.1) is 0 Å². The van der Waals surface area contributed by atoms with Gasteiger partial charge in [0, 0.05) is 32.9 Å². The first-order valence-corrected chi connectivity index (χ1v) is 25.9. The average molecular weight is 753 g/mol. The summed E-state index contributed by atoms with van der Waals surface area (Å²) in [7, 11) is -5.95. The molecule has 0 saturated carbocycles. The van der Waals surface area contributed by atoms with Crippen LogP contribution < -0.4 is 0 Å². The van der Waals surface area contributed by atoms with E-state index >= 15 is 0 Å². The van der Waals surface area contributed by atoms with Crippen molar-refractivity contribution in [1.82, 2.24) is 0 Å². The summed E-state index contributed by atoms with van der Waals surface area (Å²) in [5.74, 6) is 1.92. The maximum atomic E-state index is 4.89. The van der Waals surface area contributed by atoms with E-state index in [-0.39, 0.29) is 44.7 Å². The van der Waals surface area contributed by atoms with Crippen LogP contribution in [0.3, 0.4) is 0 Å². The summed E-state index contributed by atoms with van der Waals surface area (Å²) in [5, 5.41) is 0. The molecule has 4 nitrogen and oxygen atoms in total. The van der Waals surface area contributed by atoms with Crippen molar-refractivity contribution in [2.24, 2.45) is 9.32 Å². The van der Waals surface area contributed by atoms with Crippen molar-refractivity contribution in [1.29, 1.82) is 0 Å². The van der Waals surface area contributed by atoms with Gasteiger partial charge in [-0.15, -0.1) is 0 Å². The number of amidine groups is 2. The Morgan fingerprint density at radius 3 is 0.895 bits per heavy atom. The van der Waals surface area contributed by atoms with Gasteiger partial charge in [0.15, 0.2) is 0 Å². The van der Waals surface area contributed by atoms with Crippen molar-refractivity contribution in [2.75, 3.05) is 0 Å². The smallest absolute Gasteiger partial charge is 0.472 e. The molecule has 0 aliphatic carbocycles. The summed E-state index contributed by atoms with van der Waals surface area (Å²) in [5.41, 5.74) is 2.30. The van der Waals surface area contributed by atoms with Crippen LogP contribution in [0.25, 0.3) is 9.96 Å². The molecule has 38 heavy (non-hydrogen) atoms. The third-order valence-electron chi connectivity index (χ3n) is 3.83.